The molecule has 0 saturated heterocycles. The van der Waals surface area contributed by atoms with Crippen molar-refractivity contribution >= 4 is 11.9 Å². The normalized spacial score (nSPS) is 13.0. The molecule has 1 unspecified atom stereocenters. The Morgan fingerprint density at radius 3 is 2.41 bits per heavy atom. The quantitative estimate of drug-likeness (QED) is 0.182. The van der Waals surface area contributed by atoms with E-state index in [4.69, 9.17) is 5.11 Å². The van der Waals surface area contributed by atoms with Gasteiger partial charge in [-0.2, -0.15) is 0 Å². The van der Waals surface area contributed by atoms with Crippen LogP contribution in [0.25, 0.3) is 0 Å². The van der Waals surface area contributed by atoms with Crippen LogP contribution in [0.15, 0.2) is 4.99 Å². The van der Waals surface area contributed by atoms with Gasteiger partial charge in [0.05, 0.1) is 19.2 Å². The van der Waals surface area contributed by atoms with Crippen LogP contribution in [0.3, 0.4) is 0 Å². The van der Waals surface area contributed by atoms with E-state index < -0.39 is 12.1 Å². The predicted molar refractivity (Wildman–Crippen MR) is 81.2 cm³/mol. The van der Waals surface area contributed by atoms with Crippen LogP contribution in [0, 0.1) is 0 Å². The molecule has 0 bridgehead atoms. The summed E-state index contributed by atoms with van der Waals surface area (Å²) in [6, 6.07) is 0. The summed E-state index contributed by atoms with van der Waals surface area (Å²) in [6.45, 7) is 4.54. The first-order valence-corrected chi connectivity index (χ1v) is 7.78. The van der Waals surface area contributed by atoms with Gasteiger partial charge in [0.1, 0.15) is 0 Å². The van der Waals surface area contributed by atoms with Crippen LogP contribution in [0.5, 0.6) is 0 Å². The summed E-state index contributed by atoms with van der Waals surface area (Å²) in [6.07, 6.45) is 5.28. The van der Waals surface area contributed by atoms with Gasteiger partial charge in [-0.05, 0) is 25.7 Å². The summed E-state index contributed by atoms with van der Waals surface area (Å²) >= 11 is 0. The second kappa shape index (κ2) is 15.4. The van der Waals surface area contributed by atoms with Crippen LogP contribution in [-0.4, -0.2) is 52.8 Å². The number of unbranched alkanes of at least 4 members (excludes halogenated alkanes) is 4. The van der Waals surface area contributed by atoms with E-state index in [0.717, 1.165) is 19.3 Å². The van der Waals surface area contributed by atoms with E-state index in [1.807, 2.05) is 0 Å². The zero-order chi connectivity index (χ0) is 16.1. The molecule has 0 spiro atoms. The fourth-order valence-corrected chi connectivity index (χ4v) is 1.98. The van der Waals surface area contributed by atoms with Gasteiger partial charge in [-0.25, -0.2) is 0 Å². The van der Waals surface area contributed by atoms with E-state index in [-0.39, 0.29) is 44.4 Å². The third-order valence-electron chi connectivity index (χ3n) is 3.11. The van der Waals surface area contributed by atoms with Gasteiger partial charge in [0.2, 0.25) is 0 Å². The molecule has 1 atom stereocenters. The molecule has 0 heterocycles. The van der Waals surface area contributed by atoms with E-state index in [1.165, 1.54) is 12.8 Å². The number of carboxylic acid groups (broad SMARTS) is 1. The molecule has 0 aliphatic heterocycles. The second-order valence-electron chi connectivity index (χ2n) is 5.43. The maximum atomic E-state index is 11.6. The molecular weight excluding hydrogens is 279 g/mol. The van der Waals surface area contributed by atoms with Crippen LogP contribution >= 0.6 is 0 Å². The first-order chi connectivity index (χ1) is 9.95. The van der Waals surface area contributed by atoms with Gasteiger partial charge in [0.25, 0.3) is 0 Å². The van der Waals surface area contributed by atoms with Gasteiger partial charge in [-0.1, -0.05) is 32.6 Å². The molecule has 0 aromatic rings. The molecule has 0 aliphatic rings. The number of hydrogen-bond donors (Lipinski definition) is 2. The summed E-state index contributed by atoms with van der Waals surface area (Å²) in [5.74, 6) is -1.04. The van der Waals surface area contributed by atoms with E-state index >= 15 is 0 Å². The van der Waals surface area contributed by atoms with Crippen molar-refractivity contribution in [3.05, 3.63) is 0 Å². The molecule has 124 valence electrons. The van der Waals surface area contributed by atoms with Gasteiger partial charge >= 0.3 is 24.8 Å². The van der Waals surface area contributed by atoms with Gasteiger partial charge in [-0.3, -0.25) is 14.7 Å². The monoisotopic (exact) mass is 308 g/mol. The largest absolute Gasteiger partial charge is 1.00 e. The molecule has 0 saturated carbocycles. The maximum Gasteiger partial charge on any atom is 1.00 e. The second-order valence-corrected chi connectivity index (χ2v) is 5.43. The number of carbonyl (C=O) groups is 1. The first-order valence-electron chi connectivity index (χ1n) is 7.78. The summed E-state index contributed by atoms with van der Waals surface area (Å²) < 4.78 is 0. The number of aliphatic imine (C=N–C) groups is 1. The molecule has 7 heteroatoms. The van der Waals surface area contributed by atoms with Crippen molar-refractivity contribution in [1.29, 1.82) is 0 Å². The summed E-state index contributed by atoms with van der Waals surface area (Å²) in [5.41, 5.74) is 0. The average molecular weight is 308 g/mol. The minimum Gasteiger partial charge on any atom is -0.862 e. The number of rotatable bonds is 13. The molecule has 0 radical (unpaired) electrons. The molecule has 6 nitrogen and oxygen atoms in total. The van der Waals surface area contributed by atoms with Gasteiger partial charge in [0, 0.05) is 13.1 Å². The van der Waals surface area contributed by atoms with E-state index in [9.17, 15) is 15.0 Å². The van der Waals surface area contributed by atoms with Crippen LogP contribution in [0.1, 0.15) is 58.8 Å². The smallest absolute Gasteiger partial charge is 0.862 e. The third kappa shape index (κ3) is 15.8. The number of aliphatic hydroxyl groups excluding tert-OH is 1. The fourth-order valence-electron chi connectivity index (χ4n) is 1.98. The Morgan fingerprint density at radius 2 is 1.86 bits per heavy atom. The van der Waals surface area contributed by atoms with Crippen molar-refractivity contribution < 1.29 is 39.0 Å². The van der Waals surface area contributed by atoms with Crippen molar-refractivity contribution in [3.63, 3.8) is 0 Å². The number of aliphatic carboxylic acids is 1. The molecule has 0 aliphatic carbocycles. The standard InChI is InChI=1S/C15H30N2O4.Li/c1-3-4-5-6-7-8-14(19)16-12-17(11-13(2)18)10-9-15(20)21;/h13,18H,3-12H2,1-2H3,(H,16,19)(H,20,21);/q;+1/p-1. The molecular formula is C15H29LiN2O4. The number of hydrogen-bond acceptors (Lipinski definition) is 5. The first kappa shape index (κ1) is 23.7. The minimum atomic E-state index is -0.896. The van der Waals surface area contributed by atoms with Crippen LogP contribution in [0.4, 0.5) is 0 Å². The Bertz CT molecular complexity index is 312. The fraction of sp³-hybridized carbons (Fsp3) is 0.867. The van der Waals surface area contributed by atoms with E-state index in [2.05, 4.69) is 11.9 Å². The predicted octanol–water partition coefficient (Wildman–Crippen LogP) is -1.78. The summed E-state index contributed by atoms with van der Waals surface area (Å²) in [5, 5.41) is 29.7. The molecule has 2 N–H and O–H groups in total. The van der Waals surface area contributed by atoms with Crippen LogP contribution < -0.4 is 24.0 Å². The molecule has 0 fully saturated rings. The summed E-state index contributed by atoms with van der Waals surface area (Å²) in [4.78, 5) is 16.2. The maximum absolute atomic E-state index is 11.6. The van der Waals surface area contributed by atoms with Crippen molar-refractivity contribution in [2.45, 2.75) is 64.9 Å². The number of nitrogens with zero attached hydrogens (tertiary/aromatic N) is 2. The van der Waals surface area contributed by atoms with Crippen LogP contribution in [-0.2, 0) is 4.79 Å². The zero-order valence-corrected chi connectivity index (χ0v) is 14.3. The van der Waals surface area contributed by atoms with Crippen molar-refractivity contribution in [1.82, 2.24) is 4.90 Å². The topological polar surface area (TPSA) is 96.2 Å². The molecule has 0 rings (SSSR count). The Hall–Kier alpha value is -0.543. The van der Waals surface area contributed by atoms with Crippen LogP contribution in [0.2, 0.25) is 0 Å². The molecule has 0 amide bonds. The zero-order valence-electron chi connectivity index (χ0n) is 14.3. The Balaban J connectivity index is 0. The average Bonchev–Trinajstić information content (AvgIpc) is 2.41. The van der Waals surface area contributed by atoms with Gasteiger partial charge < -0.3 is 15.3 Å². The van der Waals surface area contributed by atoms with Gasteiger partial charge in [-0.15, -0.1) is 0 Å². The van der Waals surface area contributed by atoms with E-state index in [0.29, 0.717) is 13.0 Å². The molecule has 0 aromatic heterocycles. The number of carboxylic acids is 1. The summed E-state index contributed by atoms with van der Waals surface area (Å²) in [7, 11) is 0. The van der Waals surface area contributed by atoms with Crippen molar-refractivity contribution in [3.8, 4) is 0 Å². The third-order valence-corrected chi connectivity index (χ3v) is 3.11. The van der Waals surface area contributed by atoms with Crippen molar-refractivity contribution in [2.75, 3.05) is 19.8 Å². The van der Waals surface area contributed by atoms with Crippen molar-refractivity contribution in [2.24, 2.45) is 4.99 Å². The molecule has 22 heavy (non-hydrogen) atoms. The Kier molecular flexibility index (Phi) is 16.6. The Morgan fingerprint density at radius 1 is 1.23 bits per heavy atom. The minimum absolute atomic E-state index is 0. The SMILES string of the molecule is CCCCCCCC([O-])=NCN(CCC(=O)O)CC(C)O.[Li+]. The molecule has 0 aromatic carbocycles. The van der Waals surface area contributed by atoms with E-state index in [1.54, 1.807) is 11.8 Å². The Labute approximate surface area is 145 Å². The number of aliphatic hydroxyl groups is 1. The van der Waals surface area contributed by atoms with Gasteiger partial charge in [0.15, 0.2) is 0 Å².